The zero-order chi connectivity index (χ0) is 15.2. The molecule has 2 atom stereocenters. The molecule has 1 fully saturated rings. The maximum atomic E-state index is 13.2. The Morgan fingerprint density at radius 2 is 2.29 bits per heavy atom. The molecule has 0 radical (unpaired) electrons. The Hall–Kier alpha value is -0.970. The molecule has 1 saturated heterocycles. The number of ether oxygens (including phenoxy) is 1. The minimum absolute atomic E-state index is 0.164. The predicted octanol–water partition coefficient (Wildman–Crippen LogP) is 2.38. The number of rotatable bonds is 6. The van der Waals surface area contributed by atoms with E-state index in [1.807, 2.05) is 13.0 Å². The standard InChI is InChI=1S/C17H27FN2O/c1-4-7-19-16(17-12-20(3)8-9-21-17)11-14-5-6-15(18)10-13(14)2/h5-6,10,16-17,19H,4,7-9,11-12H2,1-3H3. The van der Waals surface area contributed by atoms with Gasteiger partial charge in [0.25, 0.3) is 0 Å². The molecule has 21 heavy (non-hydrogen) atoms. The Morgan fingerprint density at radius 3 is 2.95 bits per heavy atom. The van der Waals surface area contributed by atoms with Crippen molar-refractivity contribution in [1.29, 1.82) is 0 Å². The van der Waals surface area contributed by atoms with E-state index < -0.39 is 0 Å². The summed E-state index contributed by atoms with van der Waals surface area (Å²) in [5.74, 6) is -0.164. The number of morpholine rings is 1. The van der Waals surface area contributed by atoms with Crippen LogP contribution >= 0.6 is 0 Å². The van der Waals surface area contributed by atoms with Crippen LogP contribution in [0.5, 0.6) is 0 Å². The van der Waals surface area contributed by atoms with Gasteiger partial charge in [0, 0.05) is 19.1 Å². The fourth-order valence-electron chi connectivity index (χ4n) is 2.84. The summed E-state index contributed by atoms with van der Waals surface area (Å²) in [7, 11) is 2.13. The lowest BCUT2D eigenvalue weighted by Gasteiger charge is -2.36. The number of hydrogen-bond acceptors (Lipinski definition) is 3. The third kappa shape index (κ3) is 4.77. The summed E-state index contributed by atoms with van der Waals surface area (Å²) in [6.07, 6.45) is 2.17. The van der Waals surface area contributed by atoms with Crippen molar-refractivity contribution in [2.45, 2.75) is 38.8 Å². The minimum Gasteiger partial charge on any atom is -0.374 e. The van der Waals surface area contributed by atoms with E-state index in [-0.39, 0.29) is 18.0 Å². The van der Waals surface area contributed by atoms with E-state index in [1.165, 1.54) is 5.56 Å². The van der Waals surface area contributed by atoms with Gasteiger partial charge in [-0.2, -0.15) is 0 Å². The fourth-order valence-corrected chi connectivity index (χ4v) is 2.84. The Bertz CT molecular complexity index is 452. The molecular weight excluding hydrogens is 267 g/mol. The van der Waals surface area contributed by atoms with Crippen LogP contribution in [0.4, 0.5) is 4.39 Å². The molecule has 0 aromatic heterocycles. The van der Waals surface area contributed by atoms with Crippen molar-refractivity contribution in [2.24, 2.45) is 0 Å². The molecule has 0 spiro atoms. The molecule has 1 heterocycles. The van der Waals surface area contributed by atoms with Crippen LogP contribution in [0.2, 0.25) is 0 Å². The van der Waals surface area contributed by atoms with Crippen LogP contribution in [0.15, 0.2) is 18.2 Å². The molecule has 1 N–H and O–H groups in total. The molecular formula is C17H27FN2O. The average Bonchev–Trinajstić information content (AvgIpc) is 2.45. The molecule has 1 aliphatic heterocycles. The molecule has 0 amide bonds. The van der Waals surface area contributed by atoms with Crippen molar-refractivity contribution in [3.63, 3.8) is 0 Å². The van der Waals surface area contributed by atoms with Gasteiger partial charge in [0.05, 0.1) is 12.7 Å². The summed E-state index contributed by atoms with van der Waals surface area (Å²) in [4.78, 5) is 2.31. The number of likely N-dealkylation sites (N-methyl/N-ethyl adjacent to an activating group) is 1. The fraction of sp³-hybridized carbons (Fsp3) is 0.647. The topological polar surface area (TPSA) is 24.5 Å². The van der Waals surface area contributed by atoms with Crippen molar-refractivity contribution in [3.8, 4) is 0 Å². The van der Waals surface area contributed by atoms with Crippen LogP contribution in [0.25, 0.3) is 0 Å². The first-order valence-corrected chi connectivity index (χ1v) is 7.88. The Labute approximate surface area is 127 Å². The molecule has 1 aromatic carbocycles. The highest BCUT2D eigenvalue weighted by molar-refractivity contribution is 5.27. The van der Waals surface area contributed by atoms with Gasteiger partial charge in [-0.15, -0.1) is 0 Å². The SMILES string of the molecule is CCCNC(Cc1ccc(F)cc1C)C1CN(C)CCO1. The predicted molar refractivity (Wildman–Crippen MR) is 84.2 cm³/mol. The second-order valence-electron chi connectivity index (χ2n) is 6.01. The first kappa shape index (κ1) is 16.4. The van der Waals surface area contributed by atoms with E-state index in [1.54, 1.807) is 12.1 Å². The first-order valence-electron chi connectivity index (χ1n) is 7.88. The van der Waals surface area contributed by atoms with Crippen LogP contribution in [0.1, 0.15) is 24.5 Å². The molecule has 4 heteroatoms. The van der Waals surface area contributed by atoms with E-state index in [0.717, 1.165) is 44.6 Å². The van der Waals surface area contributed by atoms with Crippen molar-refractivity contribution in [2.75, 3.05) is 33.3 Å². The summed E-state index contributed by atoms with van der Waals surface area (Å²) in [5, 5.41) is 3.60. The van der Waals surface area contributed by atoms with Crippen molar-refractivity contribution < 1.29 is 9.13 Å². The Morgan fingerprint density at radius 1 is 1.48 bits per heavy atom. The number of hydrogen-bond donors (Lipinski definition) is 1. The van der Waals surface area contributed by atoms with Gasteiger partial charge >= 0.3 is 0 Å². The molecule has 1 aliphatic rings. The second-order valence-corrected chi connectivity index (χ2v) is 6.01. The third-order valence-electron chi connectivity index (χ3n) is 4.15. The van der Waals surface area contributed by atoms with Gasteiger partial charge in [0.15, 0.2) is 0 Å². The van der Waals surface area contributed by atoms with Crippen LogP contribution in [-0.4, -0.2) is 50.3 Å². The highest BCUT2D eigenvalue weighted by Crippen LogP contribution is 2.17. The lowest BCUT2D eigenvalue weighted by Crippen LogP contribution is -2.52. The van der Waals surface area contributed by atoms with Gasteiger partial charge in [0.1, 0.15) is 5.82 Å². The van der Waals surface area contributed by atoms with Gasteiger partial charge in [-0.25, -0.2) is 4.39 Å². The number of benzene rings is 1. The van der Waals surface area contributed by atoms with Crippen molar-refractivity contribution in [3.05, 3.63) is 35.1 Å². The lowest BCUT2D eigenvalue weighted by molar-refractivity contribution is -0.0384. The van der Waals surface area contributed by atoms with Gasteiger partial charge < -0.3 is 15.0 Å². The molecule has 3 nitrogen and oxygen atoms in total. The van der Waals surface area contributed by atoms with Crippen LogP contribution in [0.3, 0.4) is 0 Å². The summed E-state index contributed by atoms with van der Waals surface area (Å²) in [5.41, 5.74) is 2.21. The van der Waals surface area contributed by atoms with Gasteiger partial charge in [-0.05, 0) is 56.6 Å². The third-order valence-corrected chi connectivity index (χ3v) is 4.15. The molecule has 0 aliphatic carbocycles. The lowest BCUT2D eigenvalue weighted by atomic mass is 9.96. The highest BCUT2D eigenvalue weighted by Gasteiger charge is 2.26. The minimum atomic E-state index is -0.164. The highest BCUT2D eigenvalue weighted by atomic mass is 19.1. The van der Waals surface area contributed by atoms with Gasteiger partial charge in [-0.3, -0.25) is 0 Å². The van der Waals surface area contributed by atoms with Crippen LogP contribution in [0, 0.1) is 12.7 Å². The zero-order valence-corrected chi connectivity index (χ0v) is 13.4. The zero-order valence-electron chi connectivity index (χ0n) is 13.4. The molecule has 1 aromatic rings. The smallest absolute Gasteiger partial charge is 0.123 e. The summed E-state index contributed by atoms with van der Waals surface area (Å²) < 4.78 is 19.2. The number of halogens is 1. The van der Waals surface area contributed by atoms with Crippen LogP contribution in [-0.2, 0) is 11.2 Å². The Balaban J connectivity index is 2.07. The van der Waals surface area contributed by atoms with E-state index in [0.29, 0.717) is 0 Å². The van der Waals surface area contributed by atoms with Gasteiger partial charge in [-0.1, -0.05) is 13.0 Å². The Kier molecular flexibility index (Phi) is 6.15. The largest absolute Gasteiger partial charge is 0.374 e. The first-order chi connectivity index (χ1) is 10.1. The monoisotopic (exact) mass is 294 g/mol. The average molecular weight is 294 g/mol. The molecule has 2 rings (SSSR count). The van der Waals surface area contributed by atoms with Crippen LogP contribution < -0.4 is 5.32 Å². The molecule has 118 valence electrons. The normalized spacial score (nSPS) is 21.4. The molecule has 0 bridgehead atoms. The molecule has 2 unspecified atom stereocenters. The van der Waals surface area contributed by atoms with Gasteiger partial charge in [0.2, 0.25) is 0 Å². The maximum absolute atomic E-state index is 13.2. The van der Waals surface area contributed by atoms with Crippen molar-refractivity contribution in [1.82, 2.24) is 10.2 Å². The molecule has 0 saturated carbocycles. The number of aryl methyl sites for hydroxylation is 1. The van der Waals surface area contributed by atoms with Crippen molar-refractivity contribution >= 4 is 0 Å². The number of nitrogens with zero attached hydrogens (tertiary/aromatic N) is 1. The van der Waals surface area contributed by atoms with E-state index in [4.69, 9.17) is 4.74 Å². The quantitative estimate of drug-likeness (QED) is 0.872. The van der Waals surface area contributed by atoms with E-state index >= 15 is 0 Å². The maximum Gasteiger partial charge on any atom is 0.123 e. The number of nitrogens with one attached hydrogen (secondary N) is 1. The van der Waals surface area contributed by atoms with E-state index in [2.05, 4.69) is 24.2 Å². The van der Waals surface area contributed by atoms with E-state index in [9.17, 15) is 4.39 Å². The second kappa shape index (κ2) is 7.87. The summed E-state index contributed by atoms with van der Waals surface area (Å²) in [6, 6.07) is 5.34. The summed E-state index contributed by atoms with van der Waals surface area (Å²) >= 11 is 0. The summed E-state index contributed by atoms with van der Waals surface area (Å²) in [6.45, 7) is 7.85.